The molecule has 2 rings (SSSR count). The molecule has 0 spiro atoms. The number of rotatable bonds is 8. The van der Waals surface area contributed by atoms with Crippen LogP contribution in [0.25, 0.3) is 5.76 Å². The molecular formula is C18H20ClNO3. The minimum absolute atomic E-state index is 0.279. The molecule has 0 unspecified atom stereocenters. The first kappa shape index (κ1) is 17.2. The van der Waals surface area contributed by atoms with E-state index >= 15 is 0 Å². The lowest BCUT2D eigenvalue weighted by Gasteiger charge is -2.18. The first-order valence-corrected chi connectivity index (χ1v) is 7.84. The van der Waals surface area contributed by atoms with Crippen molar-refractivity contribution in [1.82, 2.24) is 0 Å². The third-order valence-corrected chi connectivity index (χ3v) is 3.57. The Morgan fingerprint density at radius 3 is 2.83 bits per heavy atom. The van der Waals surface area contributed by atoms with Gasteiger partial charge >= 0.3 is 0 Å². The van der Waals surface area contributed by atoms with Crippen molar-refractivity contribution in [3.63, 3.8) is 0 Å². The van der Waals surface area contributed by atoms with E-state index in [1.165, 1.54) is 0 Å². The Hall–Kier alpha value is -2.20. The molecule has 0 aliphatic carbocycles. The molecule has 0 atom stereocenters. The third kappa shape index (κ3) is 5.49. The smallest absolute Gasteiger partial charge is 0.135 e. The van der Waals surface area contributed by atoms with E-state index in [0.717, 1.165) is 30.4 Å². The maximum absolute atomic E-state index is 10.2. The molecule has 5 heteroatoms. The molecule has 0 fully saturated rings. The lowest BCUT2D eigenvalue weighted by molar-refractivity contribution is 0.176. The molecule has 0 saturated carbocycles. The number of aliphatic hydroxyl groups excluding tert-OH is 1. The van der Waals surface area contributed by atoms with Crippen LogP contribution in [0.4, 0.5) is 0 Å². The quantitative estimate of drug-likeness (QED) is 0.319. The van der Waals surface area contributed by atoms with Gasteiger partial charge in [-0.25, -0.2) is 0 Å². The van der Waals surface area contributed by atoms with E-state index in [9.17, 15) is 5.11 Å². The molecule has 23 heavy (non-hydrogen) atoms. The maximum Gasteiger partial charge on any atom is 0.135 e. The number of oxime groups is 1. The van der Waals surface area contributed by atoms with E-state index in [2.05, 4.69) is 11.7 Å². The summed E-state index contributed by atoms with van der Waals surface area (Å²) < 4.78 is 5.73. The van der Waals surface area contributed by atoms with E-state index in [1.807, 2.05) is 12.1 Å². The lowest BCUT2D eigenvalue weighted by atomic mass is 10.0. The molecule has 0 amide bonds. The van der Waals surface area contributed by atoms with Gasteiger partial charge < -0.3 is 14.7 Å². The van der Waals surface area contributed by atoms with E-state index in [1.54, 1.807) is 30.5 Å². The van der Waals surface area contributed by atoms with Crippen LogP contribution in [0.2, 0.25) is 5.02 Å². The van der Waals surface area contributed by atoms with Crippen LogP contribution in [0.1, 0.15) is 24.8 Å². The van der Waals surface area contributed by atoms with Gasteiger partial charge in [0, 0.05) is 28.4 Å². The molecule has 1 heterocycles. The fourth-order valence-corrected chi connectivity index (χ4v) is 2.22. The van der Waals surface area contributed by atoms with E-state index in [-0.39, 0.29) is 5.76 Å². The van der Waals surface area contributed by atoms with Crippen LogP contribution in [0.3, 0.4) is 0 Å². The molecule has 0 saturated heterocycles. The fourth-order valence-electron chi connectivity index (χ4n) is 2.10. The number of hydrogen-bond acceptors (Lipinski definition) is 4. The van der Waals surface area contributed by atoms with Gasteiger partial charge in [0.1, 0.15) is 24.7 Å². The zero-order valence-electron chi connectivity index (χ0n) is 12.9. The third-order valence-electron chi connectivity index (χ3n) is 3.31. The van der Waals surface area contributed by atoms with Crippen LogP contribution in [0, 0.1) is 0 Å². The van der Waals surface area contributed by atoms with Crippen LogP contribution < -0.4 is 0 Å². The molecular weight excluding hydrogens is 314 g/mol. The number of nitrogens with zero attached hydrogens (tertiary/aromatic N) is 1. The molecule has 0 bridgehead atoms. The second-order valence-corrected chi connectivity index (χ2v) is 5.49. The van der Waals surface area contributed by atoms with Crippen LogP contribution in [0.15, 0.2) is 59.5 Å². The highest BCUT2D eigenvalue weighted by Crippen LogP contribution is 2.27. The van der Waals surface area contributed by atoms with Crippen molar-refractivity contribution < 1.29 is 14.7 Å². The van der Waals surface area contributed by atoms with Crippen LogP contribution in [-0.4, -0.2) is 24.5 Å². The van der Waals surface area contributed by atoms with Gasteiger partial charge in [-0.2, -0.15) is 0 Å². The summed E-state index contributed by atoms with van der Waals surface area (Å²) in [6, 6.07) is 7.33. The Bertz CT molecular complexity index is 618. The Labute approximate surface area is 141 Å². The van der Waals surface area contributed by atoms with Crippen molar-refractivity contribution in [3.8, 4) is 0 Å². The highest BCUT2D eigenvalue weighted by atomic mass is 35.5. The Balaban J connectivity index is 1.86. The van der Waals surface area contributed by atoms with E-state index < -0.39 is 0 Å². The molecule has 4 nitrogen and oxygen atoms in total. The number of aliphatic hydroxyl groups is 1. The van der Waals surface area contributed by atoms with Gasteiger partial charge in [0.15, 0.2) is 0 Å². The van der Waals surface area contributed by atoms with Gasteiger partial charge in [0.25, 0.3) is 0 Å². The molecule has 1 aliphatic heterocycles. The number of ether oxygens (including phenoxy) is 1. The normalized spacial score (nSPS) is 14.6. The van der Waals surface area contributed by atoms with Crippen molar-refractivity contribution >= 4 is 23.6 Å². The number of allylic oxidation sites excluding steroid dienone is 1. The molecule has 1 aromatic rings. The van der Waals surface area contributed by atoms with Gasteiger partial charge in [-0.3, -0.25) is 0 Å². The first-order valence-electron chi connectivity index (χ1n) is 7.47. The Kier molecular flexibility index (Phi) is 6.76. The zero-order valence-corrected chi connectivity index (χ0v) is 13.6. The average molecular weight is 334 g/mol. The summed E-state index contributed by atoms with van der Waals surface area (Å²) in [6.45, 7) is 4.34. The zero-order chi connectivity index (χ0) is 16.5. The van der Waals surface area contributed by atoms with Gasteiger partial charge in [-0.05, 0) is 43.5 Å². The van der Waals surface area contributed by atoms with E-state index in [4.69, 9.17) is 21.2 Å². The largest absolute Gasteiger partial charge is 0.508 e. The predicted molar refractivity (Wildman–Crippen MR) is 93.5 cm³/mol. The monoisotopic (exact) mass is 333 g/mol. The van der Waals surface area contributed by atoms with Crippen LogP contribution >= 0.6 is 11.6 Å². The lowest BCUT2D eigenvalue weighted by Crippen LogP contribution is -2.07. The van der Waals surface area contributed by atoms with Gasteiger partial charge in [-0.15, -0.1) is 0 Å². The molecule has 1 aliphatic rings. The SMILES string of the molecule is C=CCON=CCCCC1=C(O)C=C(c2ccc(Cl)cc2)OC1. The van der Waals surface area contributed by atoms with Crippen molar-refractivity contribution in [2.24, 2.45) is 5.16 Å². The minimum atomic E-state index is 0.279. The minimum Gasteiger partial charge on any atom is -0.508 e. The van der Waals surface area contributed by atoms with Gasteiger partial charge in [-0.1, -0.05) is 29.4 Å². The number of benzene rings is 1. The molecule has 0 aromatic heterocycles. The summed E-state index contributed by atoms with van der Waals surface area (Å²) in [6.07, 6.45) is 7.42. The fraction of sp³-hybridized carbons (Fsp3) is 0.278. The van der Waals surface area contributed by atoms with Crippen molar-refractivity contribution in [2.45, 2.75) is 19.3 Å². The standard InChI is InChI=1S/C18H20ClNO3/c1-2-11-23-20-10-4-3-5-15-13-22-18(12-17(15)21)14-6-8-16(19)9-7-14/h2,6-10,12,21H,1,3-5,11,13H2. The second kappa shape index (κ2) is 9.06. The summed E-state index contributed by atoms with van der Waals surface area (Å²) in [4.78, 5) is 4.91. The molecule has 1 N–H and O–H groups in total. The van der Waals surface area contributed by atoms with E-state index in [0.29, 0.717) is 24.0 Å². The molecule has 1 aromatic carbocycles. The number of halogens is 1. The first-order chi connectivity index (χ1) is 11.2. The summed E-state index contributed by atoms with van der Waals surface area (Å²) in [7, 11) is 0. The van der Waals surface area contributed by atoms with Crippen molar-refractivity contribution in [3.05, 3.63) is 64.9 Å². The van der Waals surface area contributed by atoms with Crippen LogP contribution in [-0.2, 0) is 9.57 Å². The van der Waals surface area contributed by atoms with Crippen molar-refractivity contribution in [1.29, 1.82) is 0 Å². The molecule has 122 valence electrons. The summed E-state index contributed by atoms with van der Waals surface area (Å²) in [5.74, 6) is 0.934. The molecule has 0 radical (unpaired) electrons. The second-order valence-electron chi connectivity index (χ2n) is 5.06. The summed E-state index contributed by atoms with van der Waals surface area (Å²) in [5, 5.41) is 14.6. The van der Waals surface area contributed by atoms with Gasteiger partial charge in [0.2, 0.25) is 0 Å². The summed E-state index contributed by atoms with van der Waals surface area (Å²) in [5.41, 5.74) is 1.79. The highest BCUT2D eigenvalue weighted by molar-refractivity contribution is 6.30. The average Bonchev–Trinajstić information content (AvgIpc) is 2.56. The topological polar surface area (TPSA) is 51.0 Å². The number of unbranched alkanes of at least 4 members (excludes halogenated alkanes) is 1. The highest BCUT2D eigenvalue weighted by Gasteiger charge is 2.14. The van der Waals surface area contributed by atoms with Crippen molar-refractivity contribution in [2.75, 3.05) is 13.2 Å². The summed E-state index contributed by atoms with van der Waals surface area (Å²) >= 11 is 5.87. The Morgan fingerprint density at radius 2 is 2.13 bits per heavy atom. The number of hydrogen-bond donors (Lipinski definition) is 1. The van der Waals surface area contributed by atoms with Crippen LogP contribution in [0.5, 0.6) is 0 Å². The predicted octanol–water partition coefficient (Wildman–Crippen LogP) is 4.88. The maximum atomic E-state index is 10.2. The Morgan fingerprint density at radius 1 is 1.35 bits per heavy atom. The van der Waals surface area contributed by atoms with Gasteiger partial charge in [0.05, 0.1) is 0 Å².